The Hall–Kier alpha value is -4.80. The third kappa shape index (κ3) is 4.42. The van der Waals surface area contributed by atoms with Crippen molar-refractivity contribution in [2.24, 2.45) is 13.0 Å². The van der Waals surface area contributed by atoms with Crippen molar-refractivity contribution in [3.8, 4) is 11.6 Å². The van der Waals surface area contributed by atoms with Crippen molar-refractivity contribution in [1.29, 1.82) is 0 Å². The topological polar surface area (TPSA) is 124 Å². The average Bonchev–Trinajstić information content (AvgIpc) is 3.73. The van der Waals surface area contributed by atoms with Gasteiger partial charge in [-0.15, -0.1) is 0 Å². The highest BCUT2D eigenvalue weighted by atomic mass is 16.5. The van der Waals surface area contributed by atoms with Gasteiger partial charge in [-0.3, -0.25) is 9.59 Å². The van der Waals surface area contributed by atoms with Crippen LogP contribution < -0.4 is 4.74 Å². The summed E-state index contributed by atoms with van der Waals surface area (Å²) in [7, 11) is 3.52. The molecule has 1 unspecified atom stereocenters. The van der Waals surface area contributed by atoms with E-state index in [4.69, 9.17) is 4.74 Å². The Labute approximate surface area is 230 Å². The number of nitrogens with zero attached hydrogens (tertiary/aromatic N) is 7. The van der Waals surface area contributed by atoms with Gasteiger partial charge >= 0.3 is 0 Å². The van der Waals surface area contributed by atoms with Crippen molar-refractivity contribution < 1.29 is 14.3 Å². The van der Waals surface area contributed by atoms with E-state index in [0.717, 1.165) is 18.7 Å². The van der Waals surface area contributed by atoms with Crippen LogP contribution in [0, 0.1) is 12.8 Å². The van der Waals surface area contributed by atoms with Crippen LogP contribution in [-0.2, 0) is 11.8 Å². The Morgan fingerprint density at radius 1 is 1.10 bits per heavy atom. The van der Waals surface area contributed by atoms with E-state index >= 15 is 0 Å². The summed E-state index contributed by atoms with van der Waals surface area (Å²) in [5.41, 5.74) is 1.99. The van der Waals surface area contributed by atoms with Gasteiger partial charge in [-0.1, -0.05) is 30.3 Å². The van der Waals surface area contributed by atoms with Crippen molar-refractivity contribution in [2.45, 2.75) is 25.7 Å². The molecule has 5 aromatic rings. The number of carbonyl (C=O) groups excluding carboxylic acids is 2. The maximum atomic E-state index is 13.6. The number of aryl methyl sites for hydroxylation is 2. The normalized spacial score (nSPS) is 14.9. The molecule has 5 heterocycles. The molecule has 40 heavy (non-hydrogen) atoms. The fourth-order valence-corrected chi connectivity index (χ4v) is 5.72. The average molecular weight is 539 g/mol. The molecule has 1 N–H and O–H groups in total. The minimum atomic E-state index is -0.585. The number of likely N-dealkylation sites (tertiary alicyclic amines) is 1. The summed E-state index contributed by atoms with van der Waals surface area (Å²) in [6, 6.07) is 10.4. The molecule has 0 saturated carbocycles. The number of Topliss-reactive ketones (excluding diaryl/α,β-unsaturated/α-hetero) is 1. The molecule has 0 spiro atoms. The van der Waals surface area contributed by atoms with Crippen molar-refractivity contribution in [2.75, 3.05) is 20.2 Å². The summed E-state index contributed by atoms with van der Waals surface area (Å²) in [4.78, 5) is 45.1. The van der Waals surface area contributed by atoms with Gasteiger partial charge in [0.1, 0.15) is 23.7 Å². The monoisotopic (exact) mass is 538 g/mol. The number of hydrogen-bond donors (Lipinski definition) is 1. The third-order valence-electron chi connectivity index (χ3n) is 7.73. The molecule has 4 aromatic heterocycles. The predicted molar refractivity (Wildman–Crippen MR) is 147 cm³/mol. The van der Waals surface area contributed by atoms with Crippen LogP contribution in [0.1, 0.15) is 46.3 Å². The zero-order chi connectivity index (χ0) is 27.8. The maximum absolute atomic E-state index is 13.6. The molecule has 11 heteroatoms. The number of pyridine rings is 1. The van der Waals surface area contributed by atoms with Gasteiger partial charge in [0.15, 0.2) is 5.82 Å². The van der Waals surface area contributed by atoms with Crippen LogP contribution >= 0.6 is 0 Å². The molecule has 6 rings (SSSR count). The summed E-state index contributed by atoms with van der Waals surface area (Å²) in [5.74, 6) is 1.74. The Balaban J connectivity index is 1.24. The minimum Gasteiger partial charge on any atom is -0.494 e. The number of piperidine rings is 1. The van der Waals surface area contributed by atoms with Gasteiger partial charge in [0.05, 0.1) is 29.8 Å². The van der Waals surface area contributed by atoms with Gasteiger partial charge in [0.2, 0.25) is 0 Å². The summed E-state index contributed by atoms with van der Waals surface area (Å²) in [5, 5.41) is 4.83. The van der Waals surface area contributed by atoms with Crippen LogP contribution in [0.3, 0.4) is 0 Å². The zero-order valence-corrected chi connectivity index (χ0v) is 22.6. The number of methoxy groups -OCH3 is 1. The van der Waals surface area contributed by atoms with E-state index in [2.05, 4.69) is 41.7 Å². The summed E-state index contributed by atoms with van der Waals surface area (Å²) < 4.78 is 9.10. The summed E-state index contributed by atoms with van der Waals surface area (Å²) in [6.07, 6.45) is 9.93. The molecule has 11 nitrogen and oxygen atoms in total. The van der Waals surface area contributed by atoms with E-state index in [1.165, 1.54) is 23.6 Å². The second-order valence-electron chi connectivity index (χ2n) is 10.1. The molecule has 1 aromatic carbocycles. The highest BCUT2D eigenvalue weighted by Gasteiger charge is 2.35. The van der Waals surface area contributed by atoms with Gasteiger partial charge in [-0.05, 0) is 31.2 Å². The number of ether oxygens (including phenoxy) is 1. The van der Waals surface area contributed by atoms with Crippen LogP contribution in [0.25, 0.3) is 16.7 Å². The molecule has 0 radical (unpaired) electrons. The van der Waals surface area contributed by atoms with Gasteiger partial charge in [0, 0.05) is 44.6 Å². The Morgan fingerprint density at radius 2 is 1.88 bits per heavy atom. The highest BCUT2D eigenvalue weighted by molar-refractivity contribution is 6.45. The van der Waals surface area contributed by atoms with Crippen molar-refractivity contribution >= 4 is 22.6 Å². The lowest BCUT2D eigenvalue weighted by atomic mass is 9.79. The number of aromatic amines is 1. The van der Waals surface area contributed by atoms with Crippen LogP contribution in [0.15, 0.2) is 61.4 Å². The Bertz CT molecular complexity index is 1680. The largest absolute Gasteiger partial charge is 0.494 e. The van der Waals surface area contributed by atoms with E-state index in [1.54, 1.807) is 24.3 Å². The molecule has 1 saturated heterocycles. The fraction of sp³-hybridized carbons (Fsp3) is 0.310. The second kappa shape index (κ2) is 10.4. The number of aromatic nitrogens is 7. The van der Waals surface area contributed by atoms with E-state index in [1.807, 2.05) is 37.6 Å². The van der Waals surface area contributed by atoms with Crippen LogP contribution in [0.2, 0.25) is 0 Å². The first-order chi connectivity index (χ1) is 19.5. The minimum absolute atomic E-state index is 0.110. The number of fused-ring (bicyclic) bond motifs is 1. The van der Waals surface area contributed by atoms with Crippen LogP contribution in [0.4, 0.5) is 0 Å². The number of benzene rings is 1. The quantitative estimate of drug-likeness (QED) is 0.249. The van der Waals surface area contributed by atoms with Gasteiger partial charge in [-0.25, -0.2) is 19.6 Å². The molecule has 1 aliphatic heterocycles. The maximum Gasteiger partial charge on any atom is 0.295 e. The Morgan fingerprint density at radius 3 is 2.52 bits per heavy atom. The smallest absolute Gasteiger partial charge is 0.295 e. The second-order valence-corrected chi connectivity index (χ2v) is 10.1. The number of ketones is 1. The standard InChI is InChI=1S/C29H30N8O3/c1-18-33-17-37(34-18)28-25-24(22(40-3)16-32-28)21(15-31-25)26(38)29(39)36-12-9-20(10-13-36)23(19-7-5-4-6-8-19)27-30-11-14-35(27)2/h4-8,11,14-17,20,23,31H,9-10,12-13H2,1-3H3. The van der Waals surface area contributed by atoms with E-state index in [9.17, 15) is 9.59 Å². The van der Waals surface area contributed by atoms with Crippen LogP contribution in [-0.4, -0.2) is 71.1 Å². The lowest BCUT2D eigenvalue weighted by molar-refractivity contribution is -0.127. The van der Waals surface area contributed by atoms with E-state index in [-0.39, 0.29) is 17.4 Å². The van der Waals surface area contributed by atoms with Gasteiger partial charge < -0.3 is 19.2 Å². The van der Waals surface area contributed by atoms with Gasteiger partial charge in [-0.2, -0.15) is 5.10 Å². The van der Waals surface area contributed by atoms with Crippen molar-refractivity contribution in [1.82, 2.24) is 39.2 Å². The number of rotatable bonds is 7. The number of nitrogens with one attached hydrogen (secondary N) is 1. The molecule has 0 bridgehead atoms. The first-order valence-electron chi connectivity index (χ1n) is 13.2. The predicted octanol–water partition coefficient (Wildman–Crippen LogP) is 3.45. The molecule has 1 aliphatic rings. The molecule has 204 valence electrons. The van der Waals surface area contributed by atoms with Crippen LogP contribution in [0.5, 0.6) is 5.75 Å². The van der Waals surface area contributed by atoms with Crippen molar-refractivity contribution in [3.63, 3.8) is 0 Å². The van der Waals surface area contributed by atoms with E-state index in [0.29, 0.717) is 41.4 Å². The number of carbonyl (C=O) groups is 2. The molecule has 0 aliphatic carbocycles. The first-order valence-corrected chi connectivity index (χ1v) is 13.2. The molecule has 1 atom stereocenters. The number of hydrogen-bond acceptors (Lipinski definition) is 7. The van der Waals surface area contributed by atoms with E-state index < -0.39 is 11.7 Å². The number of H-pyrrole nitrogens is 1. The van der Waals surface area contributed by atoms with Crippen molar-refractivity contribution in [3.05, 3.63) is 84.2 Å². The van der Waals surface area contributed by atoms with Gasteiger partial charge in [0.25, 0.3) is 11.7 Å². The molecular formula is C29H30N8O3. The lowest BCUT2D eigenvalue weighted by Crippen LogP contribution is -2.43. The first kappa shape index (κ1) is 25.5. The summed E-state index contributed by atoms with van der Waals surface area (Å²) >= 11 is 0. The number of amides is 1. The Kier molecular flexibility index (Phi) is 6.63. The third-order valence-corrected chi connectivity index (χ3v) is 7.73. The zero-order valence-electron chi connectivity index (χ0n) is 22.6. The molecular weight excluding hydrogens is 508 g/mol. The number of imidazole rings is 1. The highest BCUT2D eigenvalue weighted by Crippen LogP contribution is 2.37. The summed E-state index contributed by atoms with van der Waals surface area (Å²) in [6.45, 7) is 2.77. The fourth-order valence-electron chi connectivity index (χ4n) is 5.72. The SMILES string of the molecule is COc1cnc(-n2cnc(C)n2)c2[nH]cc(C(=O)C(=O)N3CCC(C(c4ccccc4)c4nccn4C)CC3)c12. The lowest BCUT2D eigenvalue weighted by Gasteiger charge is -2.35. The molecule has 1 amide bonds. The molecule has 1 fully saturated rings.